The lowest BCUT2D eigenvalue weighted by molar-refractivity contribution is -0.139. The lowest BCUT2D eigenvalue weighted by Crippen LogP contribution is -2.40. The Labute approximate surface area is 120 Å². The van der Waals surface area contributed by atoms with Crippen LogP contribution in [-0.4, -0.2) is 23.0 Å². The third-order valence-electron chi connectivity index (χ3n) is 4.24. The molecule has 0 fully saturated rings. The number of nitrogens with one attached hydrogen (secondary N) is 1. The molecule has 110 valence electrons. The zero-order valence-corrected chi connectivity index (χ0v) is 13.0. The lowest BCUT2D eigenvalue weighted by atomic mass is 9.89. The van der Waals surface area contributed by atoms with E-state index in [0.717, 1.165) is 22.3 Å². The van der Waals surface area contributed by atoms with E-state index in [9.17, 15) is 9.59 Å². The summed E-state index contributed by atoms with van der Waals surface area (Å²) in [6.07, 6.45) is 0.364. The number of carbonyl (C=O) groups excluding carboxylic acids is 1. The van der Waals surface area contributed by atoms with Crippen molar-refractivity contribution in [2.45, 2.75) is 54.0 Å². The smallest absolute Gasteiger partial charge is 0.326 e. The molecule has 1 aromatic rings. The zero-order valence-electron chi connectivity index (χ0n) is 13.0. The molecule has 0 bridgehead atoms. The topological polar surface area (TPSA) is 66.4 Å². The Morgan fingerprint density at radius 2 is 1.35 bits per heavy atom. The van der Waals surface area contributed by atoms with Crippen molar-refractivity contribution in [3.05, 3.63) is 33.4 Å². The fourth-order valence-corrected chi connectivity index (χ4v) is 2.41. The van der Waals surface area contributed by atoms with Gasteiger partial charge in [-0.25, -0.2) is 4.79 Å². The van der Waals surface area contributed by atoms with Crippen LogP contribution in [0.25, 0.3) is 0 Å². The molecule has 0 radical (unpaired) electrons. The number of amides is 1. The first-order valence-electron chi connectivity index (χ1n) is 6.82. The predicted molar refractivity (Wildman–Crippen MR) is 79.3 cm³/mol. The van der Waals surface area contributed by atoms with Gasteiger partial charge in [-0.2, -0.15) is 0 Å². The van der Waals surface area contributed by atoms with E-state index >= 15 is 0 Å². The third kappa shape index (κ3) is 2.84. The molecule has 1 aromatic carbocycles. The molecule has 0 heterocycles. The van der Waals surface area contributed by atoms with Crippen LogP contribution >= 0.6 is 0 Å². The first-order chi connectivity index (χ1) is 9.22. The highest BCUT2D eigenvalue weighted by Gasteiger charge is 2.23. The first kappa shape index (κ1) is 16.2. The molecule has 0 aliphatic heterocycles. The van der Waals surface area contributed by atoms with Crippen molar-refractivity contribution >= 4 is 11.9 Å². The first-order valence-corrected chi connectivity index (χ1v) is 6.82. The second-order valence-electron chi connectivity index (χ2n) is 5.27. The van der Waals surface area contributed by atoms with Crippen molar-refractivity contribution < 1.29 is 14.7 Å². The molecule has 1 unspecified atom stereocenters. The molecule has 2 N–H and O–H groups in total. The average molecular weight is 277 g/mol. The van der Waals surface area contributed by atoms with Gasteiger partial charge >= 0.3 is 5.97 Å². The summed E-state index contributed by atoms with van der Waals surface area (Å²) >= 11 is 0. The Morgan fingerprint density at radius 1 is 0.950 bits per heavy atom. The van der Waals surface area contributed by atoms with Crippen LogP contribution in [0.1, 0.15) is 51.5 Å². The number of carbonyl (C=O) groups is 2. The minimum Gasteiger partial charge on any atom is -0.480 e. The Morgan fingerprint density at radius 3 is 1.70 bits per heavy atom. The highest BCUT2D eigenvalue weighted by molar-refractivity contribution is 5.99. The molecular weight excluding hydrogens is 254 g/mol. The summed E-state index contributed by atoms with van der Waals surface area (Å²) in [7, 11) is 0. The molecule has 0 saturated carbocycles. The van der Waals surface area contributed by atoms with Crippen LogP contribution in [0.5, 0.6) is 0 Å². The van der Waals surface area contributed by atoms with Gasteiger partial charge in [0.25, 0.3) is 5.91 Å². The number of benzene rings is 1. The molecule has 0 aliphatic carbocycles. The van der Waals surface area contributed by atoms with E-state index in [0.29, 0.717) is 12.0 Å². The van der Waals surface area contributed by atoms with Gasteiger partial charge in [-0.15, -0.1) is 0 Å². The highest BCUT2D eigenvalue weighted by Crippen LogP contribution is 2.26. The monoisotopic (exact) mass is 277 g/mol. The lowest BCUT2D eigenvalue weighted by Gasteiger charge is -2.20. The number of hydrogen-bond donors (Lipinski definition) is 2. The summed E-state index contributed by atoms with van der Waals surface area (Å²) in [4.78, 5) is 23.4. The standard InChI is InChI=1S/C16H23NO3/c1-7-13(16(19)20)17-15(18)14-11(5)9(3)8(2)10(4)12(14)6/h13H,7H2,1-6H3,(H,17,18)(H,19,20). The Kier molecular flexibility index (Phi) is 4.93. The van der Waals surface area contributed by atoms with Crippen LogP contribution in [0.15, 0.2) is 0 Å². The van der Waals surface area contributed by atoms with Crippen molar-refractivity contribution in [2.24, 2.45) is 0 Å². The molecule has 4 heteroatoms. The maximum atomic E-state index is 12.4. The zero-order chi connectivity index (χ0) is 15.6. The molecule has 1 atom stereocenters. The normalized spacial score (nSPS) is 12.1. The molecule has 1 rings (SSSR count). The van der Waals surface area contributed by atoms with E-state index in [1.807, 2.05) is 34.6 Å². The highest BCUT2D eigenvalue weighted by atomic mass is 16.4. The molecule has 0 saturated heterocycles. The molecule has 1 amide bonds. The summed E-state index contributed by atoms with van der Waals surface area (Å²) < 4.78 is 0. The molecule has 4 nitrogen and oxygen atoms in total. The van der Waals surface area contributed by atoms with Crippen LogP contribution in [0.3, 0.4) is 0 Å². The largest absolute Gasteiger partial charge is 0.480 e. The predicted octanol–water partition coefficient (Wildman–Crippen LogP) is 2.82. The third-order valence-corrected chi connectivity index (χ3v) is 4.24. The van der Waals surface area contributed by atoms with Gasteiger partial charge in [-0.1, -0.05) is 6.92 Å². The van der Waals surface area contributed by atoms with Crippen molar-refractivity contribution in [1.29, 1.82) is 0 Å². The van der Waals surface area contributed by atoms with Gasteiger partial charge in [-0.05, 0) is 68.9 Å². The number of carboxylic acid groups (broad SMARTS) is 1. The molecular formula is C16H23NO3. The number of aliphatic carboxylic acids is 1. The summed E-state index contributed by atoms with van der Waals surface area (Å²) in [6, 6.07) is -0.844. The number of rotatable bonds is 4. The van der Waals surface area contributed by atoms with Gasteiger partial charge < -0.3 is 10.4 Å². The fourth-order valence-electron chi connectivity index (χ4n) is 2.41. The van der Waals surface area contributed by atoms with Crippen LogP contribution in [0.2, 0.25) is 0 Å². The summed E-state index contributed by atoms with van der Waals surface area (Å²) in [6.45, 7) is 11.6. The van der Waals surface area contributed by atoms with E-state index in [4.69, 9.17) is 5.11 Å². The summed E-state index contributed by atoms with van der Waals surface area (Å²) in [5.74, 6) is -1.31. The molecule has 20 heavy (non-hydrogen) atoms. The maximum absolute atomic E-state index is 12.4. The van der Waals surface area contributed by atoms with Crippen molar-refractivity contribution in [1.82, 2.24) is 5.32 Å². The number of carboxylic acids is 1. The Bertz CT molecular complexity index is 532. The van der Waals surface area contributed by atoms with E-state index in [1.165, 1.54) is 5.56 Å². The van der Waals surface area contributed by atoms with Crippen molar-refractivity contribution in [3.8, 4) is 0 Å². The number of hydrogen-bond acceptors (Lipinski definition) is 2. The Balaban J connectivity index is 3.27. The fraction of sp³-hybridized carbons (Fsp3) is 0.500. The van der Waals surface area contributed by atoms with E-state index in [2.05, 4.69) is 5.32 Å². The SMILES string of the molecule is CCC(NC(=O)c1c(C)c(C)c(C)c(C)c1C)C(=O)O. The van der Waals surface area contributed by atoms with E-state index in [-0.39, 0.29) is 5.91 Å². The minimum atomic E-state index is -1.00. The van der Waals surface area contributed by atoms with E-state index < -0.39 is 12.0 Å². The van der Waals surface area contributed by atoms with Gasteiger partial charge in [-0.3, -0.25) is 4.79 Å². The van der Waals surface area contributed by atoms with Crippen LogP contribution < -0.4 is 5.32 Å². The van der Waals surface area contributed by atoms with Gasteiger partial charge in [0.1, 0.15) is 6.04 Å². The minimum absolute atomic E-state index is 0.305. The van der Waals surface area contributed by atoms with E-state index in [1.54, 1.807) is 6.92 Å². The van der Waals surface area contributed by atoms with Gasteiger partial charge in [0, 0.05) is 5.56 Å². The molecule has 0 aliphatic rings. The van der Waals surface area contributed by atoms with Crippen LogP contribution in [-0.2, 0) is 4.79 Å². The molecule has 0 aromatic heterocycles. The second-order valence-corrected chi connectivity index (χ2v) is 5.27. The molecule has 0 spiro atoms. The van der Waals surface area contributed by atoms with Gasteiger partial charge in [0.15, 0.2) is 0 Å². The second kappa shape index (κ2) is 6.07. The van der Waals surface area contributed by atoms with Gasteiger partial charge in [0.2, 0.25) is 0 Å². The summed E-state index contributed by atoms with van der Waals surface area (Å²) in [5, 5.41) is 11.6. The van der Waals surface area contributed by atoms with Crippen LogP contribution in [0, 0.1) is 34.6 Å². The van der Waals surface area contributed by atoms with Crippen molar-refractivity contribution in [2.75, 3.05) is 0 Å². The average Bonchev–Trinajstić information content (AvgIpc) is 2.40. The maximum Gasteiger partial charge on any atom is 0.326 e. The Hall–Kier alpha value is -1.84. The summed E-state index contributed by atoms with van der Waals surface area (Å²) in [5.41, 5.74) is 5.79. The van der Waals surface area contributed by atoms with Crippen molar-refractivity contribution in [3.63, 3.8) is 0 Å². The van der Waals surface area contributed by atoms with Gasteiger partial charge in [0.05, 0.1) is 0 Å². The quantitative estimate of drug-likeness (QED) is 0.889. The van der Waals surface area contributed by atoms with Crippen LogP contribution in [0.4, 0.5) is 0 Å².